The van der Waals surface area contributed by atoms with Crippen molar-refractivity contribution in [2.24, 2.45) is 0 Å². The molecular formula is C9H6BrIN2. The van der Waals surface area contributed by atoms with Gasteiger partial charge in [0, 0.05) is 15.5 Å². The Kier molecular flexibility index (Phi) is 2.69. The Morgan fingerprint density at radius 2 is 2.23 bits per heavy atom. The van der Waals surface area contributed by atoms with E-state index in [0.29, 0.717) is 0 Å². The summed E-state index contributed by atoms with van der Waals surface area (Å²) in [6.07, 6.45) is 3.72. The van der Waals surface area contributed by atoms with E-state index in [0.717, 1.165) is 10.3 Å². The van der Waals surface area contributed by atoms with Gasteiger partial charge >= 0.3 is 0 Å². The van der Waals surface area contributed by atoms with E-state index in [1.807, 2.05) is 16.8 Å². The highest BCUT2D eigenvalue weighted by Crippen LogP contribution is 2.14. The second-order valence-electron chi connectivity index (χ2n) is 2.58. The first-order valence-corrected chi connectivity index (χ1v) is 5.58. The summed E-state index contributed by atoms with van der Waals surface area (Å²) >= 11 is 5.61. The van der Waals surface area contributed by atoms with Crippen LogP contribution in [0.5, 0.6) is 0 Å². The lowest BCUT2D eigenvalue weighted by molar-refractivity contribution is 1.06. The van der Waals surface area contributed by atoms with E-state index in [2.05, 4.69) is 61.7 Å². The molecule has 1 aromatic carbocycles. The van der Waals surface area contributed by atoms with Crippen LogP contribution in [-0.2, 0) is 0 Å². The van der Waals surface area contributed by atoms with E-state index in [1.165, 1.54) is 3.57 Å². The largest absolute Gasteiger partial charge is 0.305 e. The SMILES string of the molecule is Brc1cn(-c2cccc(I)c2)cn1. The molecule has 0 aliphatic heterocycles. The summed E-state index contributed by atoms with van der Waals surface area (Å²) in [5.74, 6) is 0. The number of rotatable bonds is 1. The van der Waals surface area contributed by atoms with E-state index < -0.39 is 0 Å². The molecule has 2 nitrogen and oxygen atoms in total. The predicted octanol–water partition coefficient (Wildman–Crippen LogP) is 3.24. The zero-order valence-electron chi connectivity index (χ0n) is 6.61. The Balaban J connectivity index is 2.46. The number of hydrogen-bond donors (Lipinski definition) is 0. The molecule has 4 heteroatoms. The molecular weight excluding hydrogens is 343 g/mol. The molecule has 0 saturated carbocycles. The Hall–Kier alpha value is -0.360. The van der Waals surface area contributed by atoms with Crippen LogP contribution < -0.4 is 0 Å². The van der Waals surface area contributed by atoms with E-state index in [4.69, 9.17) is 0 Å². The highest BCUT2D eigenvalue weighted by Gasteiger charge is 1.97. The molecule has 0 radical (unpaired) electrons. The summed E-state index contributed by atoms with van der Waals surface area (Å²) in [6, 6.07) is 8.26. The van der Waals surface area contributed by atoms with E-state index in [1.54, 1.807) is 6.33 Å². The number of imidazole rings is 1. The molecule has 0 N–H and O–H groups in total. The number of aromatic nitrogens is 2. The summed E-state index contributed by atoms with van der Waals surface area (Å²) in [6.45, 7) is 0. The Morgan fingerprint density at radius 1 is 1.38 bits per heavy atom. The molecule has 0 amide bonds. The van der Waals surface area contributed by atoms with Crippen molar-refractivity contribution in [2.75, 3.05) is 0 Å². The maximum absolute atomic E-state index is 4.10. The standard InChI is InChI=1S/C9H6BrIN2/c10-9-5-13(6-12-9)8-3-1-2-7(11)4-8/h1-6H. The summed E-state index contributed by atoms with van der Waals surface area (Å²) in [5.41, 5.74) is 1.13. The molecule has 1 heterocycles. The maximum Gasteiger partial charge on any atom is 0.124 e. The average Bonchev–Trinajstić information content (AvgIpc) is 2.52. The summed E-state index contributed by atoms with van der Waals surface area (Å²) < 4.78 is 4.05. The van der Waals surface area contributed by atoms with Gasteiger partial charge in [-0.25, -0.2) is 4.98 Å². The molecule has 1 aromatic heterocycles. The lowest BCUT2D eigenvalue weighted by Crippen LogP contribution is -1.89. The first-order valence-electron chi connectivity index (χ1n) is 3.71. The fourth-order valence-electron chi connectivity index (χ4n) is 1.08. The minimum absolute atomic E-state index is 0.853. The lowest BCUT2D eigenvalue weighted by Gasteiger charge is -2.00. The van der Waals surface area contributed by atoms with Crippen LogP contribution in [0.3, 0.4) is 0 Å². The molecule has 0 bridgehead atoms. The smallest absolute Gasteiger partial charge is 0.124 e. The molecule has 66 valence electrons. The van der Waals surface area contributed by atoms with Crippen molar-refractivity contribution in [2.45, 2.75) is 0 Å². The number of halogens is 2. The van der Waals surface area contributed by atoms with Gasteiger partial charge in [-0.15, -0.1) is 0 Å². The van der Waals surface area contributed by atoms with Crippen LogP contribution in [0.25, 0.3) is 5.69 Å². The monoisotopic (exact) mass is 348 g/mol. The maximum atomic E-state index is 4.10. The van der Waals surface area contributed by atoms with Crippen LogP contribution in [0.4, 0.5) is 0 Å². The molecule has 13 heavy (non-hydrogen) atoms. The molecule has 0 atom stereocenters. The van der Waals surface area contributed by atoms with Crippen LogP contribution >= 0.6 is 38.5 Å². The second kappa shape index (κ2) is 3.79. The average molecular weight is 349 g/mol. The molecule has 0 aliphatic carbocycles. The zero-order valence-corrected chi connectivity index (χ0v) is 10.4. The number of nitrogens with zero attached hydrogens (tertiary/aromatic N) is 2. The van der Waals surface area contributed by atoms with E-state index in [9.17, 15) is 0 Å². The Morgan fingerprint density at radius 3 is 2.85 bits per heavy atom. The molecule has 0 saturated heterocycles. The normalized spacial score (nSPS) is 10.3. The highest BCUT2D eigenvalue weighted by atomic mass is 127. The first kappa shape index (κ1) is 9.21. The number of hydrogen-bond acceptors (Lipinski definition) is 1. The van der Waals surface area contributed by atoms with Crippen LogP contribution in [-0.4, -0.2) is 9.55 Å². The van der Waals surface area contributed by atoms with Gasteiger partial charge < -0.3 is 4.57 Å². The summed E-state index contributed by atoms with van der Waals surface area (Å²) in [5, 5.41) is 0. The molecule has 0 aliphatic rings. The summed E-state index contributed by atoms with van der Waals surface area (Å²) in [7, 11) is 0. The third-order valence-corrected chi connectivity index (χ3v) is 2.74. The topological polar surface area (TPSA) is 17.8 Å². The molecule has 0 fully saturated rings. The fraction of sp³-hybridized carbons (Fsp3) is 0. The molecule has 0 unspecified atom stereocenters. The van der Waals surface area contributed by atoms with Crippen molar-refractivity contribution in [3.63, 3.8) is 0 Å². The quantitative estimate of drug-likeness (QED) is 0.723. The second-order valence-corrected chi connectivity index (χ2v) is 4.64. The van der Waals surface area contributed by atoms with Gasteiger partial charge in [-0.2, -0.15) is 0 Å². The van der Waals surface area contributed by atoms with Gasteiger partial charge in [0.1, 0.15) is 10.9 Å². The van der Waals surface area contributed by atoms with Crippen molar-refractivity contribution in [1.82, 2.24) is 9.55 Å². The minimum Gasteiger partial charge on any atom is -0.305 e. The summed E-state index contributed by atoms with van der Waals surface area (Å²) in [4.78, 5) is 4.10. The lowest BCUT2D eigenvalue weighted by atomic mass is 10.3. The molecule has 0 spiro atoms. The van der Waals surface area contributed by atoms with E-state index in [-0.39, 0.29) is 0 Å². The number of benzene rings is 1. The third-order valence-electron chi connectivity index (χ3n) is 1.66. The van der Waals surface area contributed by atoms with Crippen molar-refractivity contribution in [1.29, 1.82) is 0 Å². The van der Waals surface area contributed by atoms with Crippen molar-refractivity contribution >= 4 is 38.5 Å². The van der Waals surface area contributed by atoms with Crippen molar-refractivity contribution in [3.05, 3.63) is 45.0 Å². The van der Waals surface area contributed by atoms with Crippen LogP contribution in [0.2, 0.25) is 0 Å². The van der Waals surface area contributed by atoms with Gasteiger partial charge in [-0.1, -0.05) is 6.07 Å². The van der Waals surface area contributed by atoms with Gasteiger partial charge in [0.05, 0.1) is 0 Å². The molecule has 2 rings (SSSR count). The van der Waals surface area contributed by atoms with Crippen LogP contribution in [0.1, 0.15) is 0 Å². The van der Waals surface area contributed by atoms with Crippen LogP contribution in [0, 0.1) is 3.57 Å². The Labute approximate surface area is 98.3 Å². The van der Waals surface area contributed by atoms with E-state index >= 15 is 0 Å². The minimum atomic E-state index is 0.853. The van der Waals surface area contributed by atoms with Crippen LogP contribution in [0.15, 0.2) is 41.4 Å². The predicted molar refractivity (Wildman–Crippen MR) is 64.0 cm³/mol. The Bertz CT molecular complexity index is 425. The van der Waals surface area contributed by atoms with Gasteiger partial charge in [0.15, 0.2) is 0 Å². The first-order chi connectivity index (χ1) is 6.25. The fourth-order valence-corrected chi connectivity index (χ4v) is 1.92. The van der Waals surface area contributed by atoms with Gasteiger partial charge in [-0.3, -0.25) is 0 Å². The van der Waals surface area contributed by atoms with Gasteiger partial charge in [-0.05, 0) is 56.7 Å². The highest BCUT2D eigenvalue weighted by molar-refractivity contribution is 14.1. The van der Waals surface area contributed by atoms with Gasteiger partial charge in [0.25, 0.3) is 0 Å². The van der Waals surface area contributed by atoms with Crippen molar-refractivity contribution < 1.29 is 0 Å². The molecule has 2 aromatic rings. The zero-order chi connectivity index (χ0) is 9.26. The van der Waals surface area contributed by atoms with Crippen molar-refractivity contribution in [3.8, 4) is 5.69 Å². The van der Waals surface area contributed by atoms with Gasteiger partial charge in [0.2, 0.25) is 0 Å². The third kappa shape index (κ3) is 2.11.